The number of anilines is 2. The molecule has 5 rings (SSSR count). The summed E-state index contributed by atoms with van der Waals surface area (Å²) in [7, 11) is 0. The van der Waals surface area contributed by atoms with Gasteiger partial charge in [0.25, 0.3) is 0 Å². The van der Waals surface area contributed by atoms with Crippen molar-refractivity contribution < 1.29 is 14.3 Å². The summed E-state index contributed by atoms with van der Waals surface area (Å²) in [6.45, 7) is 3.49. The number of hydrogen-bond donors (Lipinski definition) is 1. The highest BCUT2D eigenvalue weighted by Crippen LogP contribution is 2.41. The second kappa shape index (κ2) is 6.51. The highest BCUT2D eigenvalue weighted by molar-refractivity contribution is 5.94. The van der Waals surface area contributed by atoms with Crippen LogP contribution in [0.2, 0.25) is 0 Å². The first kappa shape index (κ1) is 17.6. The van der Waals surface area contributed by atoms with Gasteiger partial charge in [0.05, 0.1) is 36.6 Å². The number of ether oxygens (including phenoxy) is 1. The van der Waals surface area contributed by atoms with Crippen LogP contribution in [0, 0.1) is 11.3 Å². The van der Waals surface area contributed by atoms with Gasteiger partial charge in [0.15, 0.2) is 0 Å². The fraction of sp³-hybridized carbons (Fsp3) is 0.400. The fourth-order valence-corrected chi connectivity index (χ4v) is 4.43. The molecule has 1 aromatic heterocycles. The first-order valence-electron chi connectivity index (χ1n) is 9.58. The number of nitrogens with zero attached hydrogens (tertiary/aromatic N) is 5. The Morgan fingerprint density at radius 2 is 2.24 bits per heavy atom. The standard InChI is InChI=1S/C20H20N6O3/c1-12(27)22-8-19-18-7-13-6-15(2-3-17(13)26(18)20(28)29-19)24-9-14-10-25(5-4-21)23-16(14)11-24/h2-3,6,10,18-19H,5,7-9,11H2,1H3,(H,22,27)/t18?,19-/m0/s1. The maximum absolute atomic E-state index is 12.4. The number of carbonyl (C=O) groups excluding carboxylic acids is 2. The molecule has 0 aliphatic carbocycles. The fourth-order valence-electron chi connectivity index (χ4n) is 4.43. The number of nitriles is 1. The molecule has 148 valence electrons. The molecule has 3 aliphatic heterocycles. The molecule has 1 N–H and O–H groups in total. The Morgan fingerprint density at radius 1 is 1.38 bits per heavy atom. The van der Waals surface area contributed by atoms with Gasteiger partial charge in [-0.2, -0.15) is 10.4 Å². The third-order valence-corrected chi connectivity index (χ3v) is 5.74. The zero-order valence-electron chi connectivity index (χ0n) is 16.0. The van der Waals surface area contributed by atoms with E-state index in [1.54, 1.807) is 9.58 Å². The smallest absolute Gasteiger partial charge is 0.415 e. The second-order valence-electron chi connectivity index (χ2n) is 7.63. The minimum Gasteiger partial charge on any atom is -0.442 e. The molecule has 4 heterocycles. The molecule has 1 saturated heterocycles. The molecule has 0 radical (unpaired) electrons. The number of nitrogens with one attached hydrogen (secondary N) is 1. The van der Waals surface area contributed by atoms with E-state index in [9.17, 15) is 9.59 Å². The average molecular weight is 392 g/mol. The van der Waals surface area contributed by atoms with E-state index in [1.807, 2.05) is 18.3 Å². The van der Waals surface area contributed by atoms with Crippen molar-refractivity contribution in [1.29, 1.82) is 5.26 Å². The molecule has 0 spiro atoms. The van der Waals surface area contributed by atoms with Crippen LogP contribution < -0.4 is 15.1 Å². The zero-order chi connectivity index (χ0) is 20.1. The SMILES string of the molecule is CC(=O)NC[C@@H]1OC(=O)N2c3ccc(N4Cc5cn(CC#N)nc5C4)cc3CC12. The summed E-state index contributed by atoms with van der Waals surface area (Å²) < 4.78 is 7.14. The van der Waals surface area contributed by atoms with Gasteiger partial charge < -0.3 is 15.0 Å². The van der Waals surface area contributed by atoms with E-state index in [0.717, 1.165) is 34.7 Å². The van der Waals surface area contributed by atoms with Crippen molar-refractivity contribution in [2.75, 3.05) is 16.3 Å². The Kier molecular flexibility index (Phi) is 3.94. The van der Waals surface area contributed by atoms with Gasteiger partial charge in [0.1, 0.15) is 12.6 Å². The Bertz CT molecular complexity index is 1030. The maximum atomic E-state index is 12.4. The largest absolute Gasteiger partial charge is 0.442 e. The summed E-state index contributed by atoms with van der Waals surface area (Å²) in [4.78, 5) is 27.5. The van der Waals surface area contributed by atoms with Crippen molar-refractivity contribution in [2.24, 2.45) is 0 Å². The van der Waals surface area contributed by atoms with Crippen LogP contribution >= 0.6 is 0 Å². The number of aromatic nitrogens is 2. The summed E-state index contributed by atoms with van der Waals surface area (Å²) in [5, 5.41) is 16.0. The molecule has 9 nitrogen and oxygen atoms in total. The van der Waals surface area contributed by atoms with E-state index >= 15 is 0 Å². The quantitative estimate of drug-likeness (QED) is 0.842. The summed E-state index contributed by atoms with van der Waals surface area (Å²) in [6, 6.07) is 8.13. The van der Waals surface area contributed by atoms with Gasteiger partial charge in [0, 0.05) is 30.9 Å². The third kappa shape index (κ3) is 2.88. The van der Waals surface area contributed by atoms with Crippen LogP contribution in [0.15, 0.2) is 24.4 Å². The number of fused-ring (bicyclic) bond motifs is 4. The van der Waals surface area contributed by atoms with E-state index in [1.165, 1.54) is 6.92 Å². The van der Waals surface area contributed by atoms with Crippen LogP contribution in [-0.2, 0) is 35.6 Å². The molecule has 3 aliphatic rings. The molecule has 2 amide bonds. The number of benzene rings is 1. The van der Waals surface area contributed by atoms with Gasteiger partial charge in [-0.1, -0.05) is 0 Å². The van der Waals surface area contributed by atoms with Crippen molar-refractivity contribution in [3.63, 3.8) is 0 Å². The van der Waals surface area contributed by atoms with Crippen molar-refractivity contribution in [3.8, 4) is 6.07 Å². The lowest BCUT2D eigenvalue weighted by Gasteiger charge is -2.19. The summed E-state index contributed by atoms with van der Waals surface area (Å²) >= 11 is 0. The summed E-state index contributed by atoms with van der Waals surface area (Å²) in [5.74, 6) is -0.137. The average Bonchev–Trinajstić information content (AvgIpc) is 3.39. The van der Waals surface area contributed by atoms with E-state index in [2.05, 4.69) is 27.5 Å². The first-order valence-corrected chi connectivity index (χ1v) is 9.58. The molecule has 9 heteroatoms. The normalized spacial score (nSPS) is 21.4. The first-order chi connectivity index (χ1) is 14.0. The maximum Gasteiger partial charge on any atom is 0.415 e. The van der Waals surface area contributed by atoms with E-state index < -0.39 is 0 Å². The molecule has 2 atom stereocenters. The number of carbonyl (C=O) groups is 2. The Hall–Kier alpha value is -3.54. The van der Waals surface area contributed by atoms with Crippen molar-refractivity contribution >= 4 is 23.4 Å². The minimum absolute atomic E-state index is 0.0934. The van der Waals surface area contributed by atoms with Crippen molar-refractivity contribution in [3.05, 3.63) is 41.2 Å². The minimum atomic E-state index is -0.357. The molecular formula is C20H20N6O3. The predicted octanol–water partition coefficient (Wildman–Crippen LogP) is 1.31. The number of amides is 2. The van der Waals surface area contributed by atoms with Crippen LogP contribution in [-0.4, -0.2) is 40.5 Å². The second-order valence-corrected chi connectivity index (χ2v) is 7.63. The van der Waals surface area contributed by atoms with Crippen LogP contribution in [0.3, 0.4) is 0 Å². The molecule has 1 unspecified atom stereocenters. The Morgan fingerprint density at radius 3 is 3.00 bits per heavy atom. The third-order valence-electron chi connectivity index (χ3n) is 5.74. The lowest BCUT2D eigenvalue weighted by Crippen LogP contribution is -2.40. The van der Waals surface area contributed by atoms with Crippen LogP contribution in [0.5, 0.6) is 0 Å². The zero-order valence-corrected chi connectivity index (χ0v) is 16.0. The monoisotopic (exact) mass is 392 g/mol. The molecule has 0 bridgehead atoms. The molecule has 1 aromatic carbocycles. The lowest BCUT2D eigenvalue weighted by molar-refractivity contribution is -0.119. The highest BCUT2D eigenvalue weighted by atomic mass is 16.6. The summed E-state index contributed by atoms with van der Waals surface area (Å²) in [6.07, 6.45) is 1.93. The van der Waals surface area contributed by atoms with E-state index in [0.29, 0.717) is 19.5 Å². The molecule has 0 saturated carbocycles. The molecule has 2 aromatic rings. The number of rotatable bonds is 4. The topological polar surface area (TPSA) is 103 Å². The predicted molar refractivity (Wildman–Crippen MR) is 103 cm³/mol. The Balaban J connectivity index is 1.34. The van der Waals surface area contributed by atoms with Crippen molar-refractivity contribution in [2.45, 2.75) is 45.1 Å². The summed E-state index contributed by atoms with van der Waals surface area (Å²) in [5.41, 5.74) is 5.21. The van der Waals surface area contributed by atoms with Crippen molar-refractivity contribution in [1.82, 2.24) is 15.1 Å². The van der Waals surface area contributed by atoms with Crippen LogP contribution in [0.1, 0.15) is 23.7 Å². The van der Waals surface area contributed by atoms with E-state index in [4.69, 9.17) is 10.00 Å². The van der Waals surface area contributed by atoms with Gasteiger partial charge in [-0.05, 0) is 30.2 Å². The number of cyclic esters (lactones) is 1. The van der Waals surface area contributed by atoms with Crippen LogP contribution in [0.4, 0.5) is 16.2 Å². The molecule has 1 fully saturated rings. The molecular weight excluding hydrogens is 372 g/mol. The van der Waals surface area contributed by atoms with E-state index in [-0.39, 0.29) is 30.7 Å². The highest BCUT2D eigenvalue weighted by Gasteiger charge is 2.47. The Labute approximate surface area is 167 Å². The lowest BCUT2D eigenvalue weighted by atomic mass is 10.0. The van der Waals surface area contributed by atoms with Gasteiger partial charge >= 0.3 is 6.09 Å². The molecule has 29 heavy (non-hydrogen) atoms. The van der Waals surface area contributed by atoms with Crippen LogP contribution in [0.25, 0.3) is 0 Å². The van der Waals surface area contributed by atoms with Gasteiger partial charge in [-0.25, -0.2) is 4.79 Å². The van der Waals surface area contributed by atoms with Gasteiger partial charge in [-0.15, -0.1) is 0 Å². The number of hydrogen-bond acceptors (Lipinski definition) is 6. The van der Waals surface area contributed by atoms with Gasteiger partial charge in [0.2, 0.25) is 5.91 Å². The van der Waals surface area contributed by atoms with Gasteiger partial charge in [-0.3, -0.25) is 14.4 Å².